The van der Waals surface area contributed by atoms with Crippen LogP contribution in [0.2, 0.25) is 0 Å². The van der Waals surface area contributed by atoms with E-state index in [1.807, 2.05) is 39.0 Å². The number of hydrogen-bond acceptors (Lipinski definition) is 4. The van der Waals surface area contributed by atoms with Gasteiger partial charge in [0.15, 0.2) is 0 Å². The zero-order chi connectivity index (χ0) is 15.3. The highest BCUT2D eigenvalue weighted by atomic mass is 16.6. The van der Waals surface area contributed by atoms with Gasteiger partial charge in [0.25, 0.3) is 0 Å². The molecule has 0 amide bonds. The maximum absolute atomic E-state index is 12.1. The third-order valence-corrected chi connectivity index (χ3v) is 3.55. The van der Waals surface area contributed by atoms with Crippen molar-refractivity contribution in [3.63, 3.8) is 0 Å². The average Bonchev–Trinajstić information content (AvgIpc) is 2.45. The minimum Gasteiger partial charge on any atom is -0.456 e. The largest absolute Gasteiger partial charge is 0.456 e. The molecule has 0 radical (unpaired) electrons. The van der Waals surface area contributed by atoms with Crippen LogP contribution >= 0.6 is 0 Å². The van der Waals surface area contributed by atoms with Crippen molar-refractivity contribution in [1.29, 1.82) is 0 Å². The first-order valence-corrected chi connectivity index (χ1v) is 7.72. The van der Waals surface area contributed by atoms with Gasteiger partial charge in [-0.25, -0.2) is 4.79 Å². The predicted octanol–water partition coefficient (Wildman–Crippen LogP) is 3.05. The Morgan fingerprint density at radius 1 is 1.33 bits per heavy atom. The van der Waals surface area contributed by atoms with Gasteiger partial charge in [-0.3, -0.25) is 0 Å². The molecule has 1 aliphatic heterocycles. The molecule has 0 spiro atoms. The zero-order valence-electron chi connectivity index (χ0n) is 13.2. The van der Waals surface area contributed by atoms with E-state index in [1.54, 1.807) is 6.07 Å². The van der Waals surface area contributed by atoms with Gasteiger partial charge < -0.3 is 15.4 Å². The lowest BCUT2D eigenvalue weighted by Crippen LogP contribution is -2.31. The number of carbonyl (C=O) groups excluding carboxylic acids is 1. The standard InChI is InChI=1S/C17H26N2O2/c1-17(2,3)21-16(20)14-5-4-6-15(11-14)19-12-13-7-9-18-10-8-13/h4-6,11,13,18-19H,7-10,12H2,1-3H3. The van der Waals surface area contributed by atoms with Gasteiger partial charge >= 0.3 is 5.97 Å². The molecule has 0 saturated carbocycles. The van der Waals surface area contributed by atoms with E-state index in [2.05, 4.69) is 10.6 Å². The quantitative estimate of drug-likeness (QED) is 0.837. The molecule has 4 nitrogen and oxygen atoms in total. The second-order valence-electron chi connectivity index (χ2n) is 6.66. The third kappa shape index (κ3) is 5.38. The topological polar surface area (TPSA) is 50.4 Å². The van der Waals surface area contributed by atoms with Crippen molar-refractivity contribution in [3.8, 4) is 0 Å². The van der Waals surface area contributed by atoms with Crippen molar-refractivity contribution in [2.75, 3.05) is 25.0 Å². The maximum Gasteiger partial charge on any atom is 0.338 e. The summed E-state index contributed by atoms with van der Waals surface area (Å²) < 4.78 is 5.40. The number of hydrogen-bond donors (Lipinski definition) is 2. The van der Waals surface area contributed by atoms with Crippen molar-refractivity contribution >= 4 is 11.7 Å². The van der Waals surface area contributed by atoms with E-state index in [9.17, 15) is 4.79 Å². The van der Waals surface area contributed by atoms with Crippen molar-refractivity contribution in [1.82, 2.24) is 5.32 Å². The summed E-state index contributed by atoms with van der Waals surface area (Å²) in [5.74, 6) is 0.435. The van der Waals surface area contributed by atoms with Crippen LogP contribution in [0.5, 0.6) is 0 Å². The van der Waals surface area contributed by atoms with E-state index in [-0.39, 0.29) is 5.97 Å². The Hall–Kier alpha value is -1.55. The summed E-state index contributed by atoms with van der Waals surface area (Å²) in [7, 11) is 0. The van der Waals surface area contributed by atoms with E-state index in [1.165, 1.54) is 12.8 Å². The van der Waals surface area contributed by atoms with Gasteiger partial charge in [-0.15, -0.1) is 0 Å². The van der Waals surface area contributed by atoms with Gasteiger partial charge in [0.05, 0.1) is 5.56 Å². The Labute approximate surface area is 127 Å². The molecule has 0 aromatic heterocycles. The predicted molar refractivity (Wildman–Crippen MR) is 85.7 cm³/mol. The van der Waals surface area contributed by atoms with Gasteiger partial charge in [0.1, 0.15) is 5.60 Å². The minimum atomic E-state index is -0.463. The summed E-state index contributed by atoms with van der Waals surface area (Å²) in [6, 6.07) is 7.55. The molecule has 1 heterocycles. The molecule has 1 aromatic rings. The molecule has 2 N–H and O–H groups in total. The lowest BCUT2D eigenvalue weighted by atomic mass is 9.98. The first kappa shape index (κ1) is 15.8. The molecule has 1 saturated heterocycles. The first-order valence-electron chi connectivity index (χ1n) is 7.72. The van der Waals surface area contributed by atoms with Crippen LogP contribution in [0.3, 0.4) is 0 Å². The number of esters is 1. The maximum atomic E-state index is 12.1. The van der Waals surface area contributed by atoms with Crippen molar-refractivity contribution < 1.29 is 9.53 Å². The Balaban J connectivity index is 1.92. The number of ether oxygens (including phenoxy) is 1. The highest BCUT2D eigenvalue weighted by molar-refractivity contribution is 5.90. The lowest BCUT2D eigenvalue weighted by molar-refractivity contribution is 0.00696. The van der Waals surface area contributed by atoms with E-state index in [0.717, 1.165) is 25.3 Å². The molecule has 0 atom stereocenters. The number of anilines is 1. The summed E-state index contributed by atoms with van der Waals surface area (Å²) >= 11 is 0. The minimum absolute atomic E-state index is 0.270. The van der Waals surface area contributed by atoms with Crippen molar-refractivity contribution in [3.05, 3.63) is 29.8 Å². The van der Waals surface area contributed by atoms with Crippen LogP contribution in [0, 0.1) is 5.92 Å². The van der Waals surface area contributed by atoms with E-state index < -0.39 is 5.60 Å². The Morgan fingerprint density at radius 2 is 2.05 bits per heavy atom. The van der Waals surface area contributed by atoms with Crippen LogP contribution in [0.4, 0.5) is 5.69 Å². The number of piperidine rings is 1. The molecule has 2 rings (SSSR count). The number of nitrogens with one attached hydrogen (secondary N) is 2. The Kier molecular flexibility index (Phi) is 5.23. The van der Waals surface area contributed by atoms with Crippen molar-refractivity contribution in [2.45, 2.75) is 39.2 Å². The van der Waals surface area contributed by atoms with Gasteiger partial charge in [0, 0.05) is 12.2 Å². The SMILES string of the molecule is CC(C)(C)OC(=O)c1cccc(NCC2CCNCC2)c1. The summed E-state index contributed by atoms with van der Waals surface area (Å²) in [5.41, 5.74) is 1.12. The third-order valence-electron chi connectivity index (χ3n) is 3.55. The summed E-state index contributed by atoms with van der Waals surface area (Å²) in [5, 5.41) is 6.81. The van der Waals surface area contributed by atoms with E-state index in [0.29, 0.717) is 11.5 Å². The summed E-state index contributed by atoms with van der Waals surface area (Å²) in [4.78, 5) is 12.1. The van der Waals surface area contributed by atoms with Crippen LogP contribution < -0.4 is 10.6 Å². The molecule has 1 aromatic carbocycles. The van der Waals surface area contributed by atoms with Crippen LogP contribution in [-0.4, -0.2) is 31.2 Å². The summed E-state index contributed by atoms with van der Waals surface area (Å²) in [6.07, 6.45) is 2.41. The number of carbonyl (C=O) groups is 1. The molecular weight excluding hydrogens is 264 g/mol. The molecule has 4 heteroatoms. The van der Waals surface area contributed by atoms with Crippen molar-refractivity contribution in [2.24, 2.45) is 5.92 Å². The highest BCUT2D eigenvalue weighted by Crippen LogP contribution is 2.17. The molecule has 21 heavy (non-hydrogen) atoms. The van der Waals surface area contributed by atoms with E-state index >= 15 is 0 Å². The molecule has 116 valence electrons. The first-order chi connectivity index (χ1) is 9.94. The van der Waals surface area contributed by atoms with Crippen LogP contribution in [0.15, 0.2) is 24.3 Å². The smallest absolute Gasteiger partial charge is 0.338 e. The van der Waals surface area contributed by atoms with Gasteiger partial charge in [-0.1, -0.05) is 6.07 Å². The second kappa shape index (κ2) is 6.94. The molecular formula is C17H26N2O2. The molecule has 1 aliphatic rings. The fraction of sp³-hybridized carbons (Fsp3) is 0.588. The van der Waals surface area contributed by atoms with Gasteiger partial charge in [0.2, 0.25) is 0 Å². The number of rotatable bonds is 4. The Bertz CT molecular complexity index is 474. The molecule has 0 bridgehead atoms. The highest BCUT2D eigenvalue weighted by Gasteiger charge is 2.18. The van der Waals surface area contributed by atoms with E-state index in [4.69, 9.17) is 4.74 Å². The van der Waals surface area contributed by atoms with Crippen LogP contribution in [0.1, 0.15) is 44.0 Å². The molecule has 1 fully saturated rings. The fourth-order valence-corrected chi connectivity index (χ4v) is 2.44. The van der Waals surface area contributed by atoms with Crippen LogP contribution in [-0.2, 0) is 4.74 Å². The molecule has 0 unspecified atom stereocenters. The molecule has 0 aliphatic carbocycles. The van der Waals surface area contributed by atoms with Crippen LogP contribution in [0.25, 0.3) is 0 Å². The normalized spacial score (nSPS) is 16.5. The fourth-order valence-electron chi connectivity index (χ4n) is 2.44. The summed E-state index contributed by atoms with van der Waals surface area (Å²) in [6.45, 7) is 8.80. The van der Waals surface area contributed by atoms with Gasteiger partial charge in [-0.2, -0.15) is 0 Å². The lowest BCUT2D eigenvalue weighted by Gasteiger charge is -2.23. The monoisotopic (exact) mass is 290 g/mol. The Morgan fingerprint density at radius 3 is 2.71 bits per heavy atom. The zero-order valence-corrected chi connectivity index (χ0v) is 13.2. The average molecular weight is 290 g/mol. The number of benzene rings is 1. The second-order valence-corrected chi connectivity index (χ2v) is 6.66. The van der Waals surface area contributed by atoms with Gasteiger partial charge in [-0.05, 0) is 70.8 Å².